The van der Waals surface area contributed by atoms with Crippen molar-refractivity contribution in [3.63, 3.8) is 0 Å². The highest BCUT2D eigenvalue weighted by Gasteiger charge is 2.35. The molecule has 32 heavy (non-hydrogen) atoms. The Bertz CT molecular complexity index is 1080. The minimum absolute atomic E-state index is 0.193. The van der Waals surface area contributed by atoms with Crippen LogP contribution in [0.4, 0.5) is 16.2 Å². The van der Waals surface area contributed by atoms with Gasteiger partial charge in [-0.3, -0.25) is 9.69 Å². The summed E-state index contributed by atoms with van der Waals surface area (Å²) in [6.45, 7) is 0.709. The summed E-state index contributed by atoms with van der Waals surface area (Å²) in [5, 5.41) is 6.12. The maximum atomic E-state index is 13.0. The maximum Gasteiger partial charge on any atom is 0.410 e. The predicted octanol–water partition coefficient (Wildman–Crippen LogP) is 5.14. The lowest BCUT2D eigenvalue weighted by molar-refractivity contribution is -0.120. The van der Waals surface area contributed by atoms with Crippen LogP contribution in [0, 0.1) is 0 Å². The largest absolute Gasteiger partial charge is 0.445 e. The van der Waals surface area contributed by atoms with Crippen LogP contribution in [0.25, 0.3) is 11.1 Å². The molecule has 1 aliphatic rings. The first-order chi connectivity index (χ1) is 15.6. The molecule has 1 saturated heterocycles. The van der Waals surface area contributed by atoms with E-state index in [-0.39, 0.29) is 12.5 Å². The van der Waals surface area contributed by atoms with Gasteiger partial charge in [0.25, 0.3) is 0 Å². The number of nitrogens with one attached hydrogen (secondary N) is 2. The summed E-state index contributed by atoms with van der Waals surface area (Å²) in [6, 6.07) is 24.8. The quantitative estimate of drug-likeness (QED) is 0.570. The third-order valence-electron chi connectivity index (χ3n) is 5.61. The highest BCUT2D eigenvalue weighted by Crippen LogP contribution is 2.26. The summed E-state index contributed by atoms with van der Waals surface area (Å²) >= 11 is 0. The van der Waals surface area contributed by atoms with Gasteiger partial charge in [-0.2, -0.15) is 0 Å². The lowest BCUT2D eigenvalue weighted by Crippen LogP contribution is -2.43. The molecule has 1 atom stereocenters. The molecule has 4 rings (SSSR count). The number of amides is 2. The molecule has 1 heterocycles. The van der Waals surface area contributed by atoms with Gasteiger partial charge in [-0.1, -0.05) is 54.6 Å². The number of hydrogen-bond acceptors (Lipinski definition) is 4. The van der Waals surface area contributed by atoms with Crippen LogP contribution in [-0.2, 0) is 16.1 Å². The van der Waals surface area contributed by atoms with Crippen molar-refractivity contribution >= 4 is 23.4 Å². The van der Waals surface area contributed by atoms with Crippen LogP contribution in [0.3, 0.4) is 0 Å². The molecule has 6 nitrogen and oxygen atoms in total. The first-order valence-electron chi connectivity index (χ1n) is 10.8. The Labute approximate surface area is 188 Å². The maximum absolute atomic E-state index is 13.0. The molecule has 1 aliphatic heterocycles. The normalized spacial score (nSPS) is 15.3. The first-order valence-corrected chi connectivity index (χ1v) is 10.8. The summed E-state index contributed by atoms with van der Waals surface area (Å²) < 4.78 is 5.44. The summed E-state index contributed by atoms with van der Waals surface area (Å²) in [6.07, 6.45) is 0.940. The molecular formula is C26H27N3O3. The average molecular weight is 430 g/mol. The van der Waals surface area contributed by atoms with E-state index < -0.39 is 12.1 Å². The van der Waals surface area contributed by atoms with Gasteiger partial charge in [-0.05, 0) is 53.8 Å². The molecule has 0 saturated carbocycles. The van der Waals surface area contributed by atoms with Gasteiger partial charge in [0.2, 0.25) is 5.91 Å². The molecular weight excluding hydrogens is 402 g/mol. The number of likely N-dealkylation sites (tertiary alicyclic amines) is 1. The van der Waals surface area contributed by atoms with Gasteiger partial charge >= 0.3 is 6.09 Å². The Morgan fingerprint density at radius 1 is 0.938 bits per heavy atom. The minimum Gasteiger partial charge on any atom is -0.445 e. The van der Waals surface area contributed by atoms with Crippen molar-refractivity contribution in [3.8, 4) is 11.1 Å². The molecule has 164 valence electrons. The minimum atomic E-state index is -0.533. The zero-order valence-electron chi connectivity index (χ0n) is 18.1. The number of hydrogen-bond donors (Lipinski definition) is 2. The highest BCUT2D eigenvalue weighted by molar-refractivity contribution is 5.97. The van der Waals surface area contributed by atoms with Gasteiger partial charge in [0.05, 0.1) is 0 Å². The third kappa shape index (κ3) is 5.09. The van der Waals surface area contributed by atoms with Crippen molar-refractivity contribution < 1.29 is 14.3 Å². The van der Waals surface area contributed by atoms with Crippen molar-refractivity contribution in [2.24, 2.45) is 0 Å². The van der Waals surface area contributed by atoms with Gasteiger partial charge < -0.3 is 15.4 Å². The zero-order valence-corrected chi connectivity index (χ0v) is 18.1. The van der Waals surface area contributed by atoms with Gasteiger partial charge in [-0.25, -0.2) is 4.79 Å². The van der Waals surface area contributed by atoms with Crippen LogP contribution in [0.5, 0.6) is 0 Å². The molecule has 0 spiro atoms. The molecule has 3 aromatic rings. The lowest BCUT2D eigenvalue weighted by Gasteiger charge is -2.23. The molecule has 0 bridgehead atoms. The topological polar surface area (TPSA) is 70.7 Å². The van der Waals surface area contributed by atoms with Gasteiger partial charge in [0.1, 0.15) is 12.6 Å². The Morgan fingerprint density at radius 2 is 1.62 bits per heavy atom. The monoisotopic (exact) mass is 429 g/mol. The number of nitrogens with zero attached hydrogens (tertiary/aromatic N) is 1. The Morgan fingerprint density at radius 3 is 2.34 bits per heavy atom. The highest BCUT2D eigenvalue weighted by atomic mass is 16.6. The second-order valence-corrected chi connectivity index (χ2v) is 7.79. The van der Waals surface area contributed by atoms with Crippen LogP contribution < -0.4 is 10.6 Å². The van der Waals surface area contributed by atoms with Crippen LogP contribution in [0.1, 0.15) is 18.4 Å². The smallest absolute Gasteiger partial charge is 0.410 e. The number of carbonyl (C=O) groups excluding carboxylic acids is 2. The van der Waals surface area contributed by atoms with Gasteiger partial charge in [0, 0.05) is 25.0 Å². The van der Waals surface area contributed by atoms with E-state index in [4.69, 9.17) is 4.74 Å². The summed E-state index contributed by atoms with van der Waals surface area (Å²) in [4.78, 5) is 27.1. The number of benzene rings is 3. The summed E-state index contributed by atoms with van der Waals surface area (Å²) in [5.74, 6) is -0.194. The second-order valence-electron chi connectivity index (χ2n) is 7.79. The molecule has 0 aliphatic carbocycles. The Hall–Kier alpha value is -3.80. The molecule has 1 fully saturated rings. The van der Waals surface area contributed by atoms with Crippen LogP contribution >= 0.6 is 0 Å². The fraction of sp³-hybridized carbons (Fsp3) is 0.231. The van der Waals surface area contributed by atoms with Gasteiger partial charge in [-0.15, -0.1) is 0 Å². The SMILES string of the molecule is CNc1cccc(-c2cccc(NC(=O)C3CCCN3C(=O)OCc3ccccc3)c2)c1. The lowest BCUT2D eigenvalue weighted by atomic mass is 10.0. The van der Waals surface area contributed by atoms with Crippen LogP contribution in [0.2, 0.25) is 0 Å². The molecule has 1 unspecified atom stereocenters. The zero-order chi connectivity index (χ0) is 22.3. The van der Waals surface area contributed by atoms with E-state index in [1.54, 1.807) is 0 Å². The average Bonchev–Trinajstić information content (AvgIpc) is 3.34. The van der Waals surface area contributed by atoms with E-state index in [0.29, 0.717) is 18.7 Å². The van der Waals surface area contributed by atoms with E-state index in [9.17, 15) is 9.59 Å². The Balaban J connectivity index is 1.41. The summed E-state index contributed by atoms with van der Waals surface area (Å²) in [5.41, 5.74) is 4.70. The molecule has 6 heteroatoms. The van der Waals surface area contributed by atoms with Crippen molar-refractivity contribution in [1.29, 1.82) is 0 Å². The molecule has 2 amide bonds. The Kier molecular flexibility index (Phi) is 6.70. The van der Waals surface area contributed by atoms with Crippen LogP contribution in [-0.4, -0.2) is 36.5 Å². The fourth-order valence-corrected chi connectivity index (χ4v) is 3.92. The van der Waals surface area contributed by atoms with E-state index in [1.165, 1.54) is 4.90 Å². The number of carbonyl (C=O) groups is 2. The molecule has 3 aromatic carbocycles. The fourth-order valence-electron chi connectivity index (χ4n) is 3.92. The molecule has 0 aromatic heterocycles. The van der Waals surface area contributed by atoms with E-state index in [1.807, 2.05) is 79.8 Å². The van der Waals surface area contributed by atoms with Crippen molar-refractivity contribution in [2.45, 2.75) is 25.5 Å². The second kappa shape index (κ2) is 10.0. The van der Waals surface area contributed by atoms with Gasteiger partial charge in [0.15, 0.2) is 0 Å². The predicted molar refractivity (Wildman–Crippen MR) is 126 cm³/mol. The first kappa shape index (κ1) is 21.4. The third-order valence-corrected chi connectivity index (χ3v) is 5.61. The standard InChI is InChI=1S/C26H27N3O3/c1-27-22-12-5-10-20(16-22)21-11-6-13-23(17-21)28-25(30)24-14-7-15-29(24)26(31)32-18-19-8-3-2-4-9-19/h2-6,8-13,16-17,24,27H,7,14-15,18H2,1H3,(H,28,30). The number of ether oxygens (including phenoxy) is 1. The van der Waals surface area contributed by atoms with E-state index >= 15 is 0 Å². The van der Waals surface area contributed by atoms with Crippen molar-refractivity contribution in [2.75, 3.05) is 24.2 Å². The van der Waals surface area contributed by atoms with E-state index in [0.717, 1.165) is 28.8 Å². The van der Waals surface area contributed by atoms with Crippen molar-refractivity contribution in [1.82, 2.24) is 4.90 Å². The number of anilines is 2. The summed E-state index contributed by atoms with van der Waals surface area (Å²) in [7, 11) is 1.88. The molecule has 2 N–H and O–H groups in total. The van der Waals surface area contributed by atoms with E-state index in [2.05, 4.69) is 16.7 Å². The molecule has 0 radical (unpaired) electrons. The number of rotatable bonds is 6. The van der Waals surface area contributed by atoms with Crippen LogP contribution in [0.15, 0.2) is 78.9 Å². The van der Waals surface area contributed by atoms with Crippen molar-refractivity contribution in [3.05, 3.63) is 84.4 Å².